The summed E-state index contributed by atoms with van der Waals surface area (Å²) in [5, 5.41) is 10.1. The summed E-state index contributed by atoms with van der Waals surface area (Å²) < 4.78 is 0.802. The molecule has 2 nitrogen and oxygen atoms in total. The van der Waals surface area contributed by atoms with Crippen LogP contribution in [0.2, 0.25) is 10.2 Å². The summed E-state index contributed by atoms with van der Waals surface area (Å²) in [6, 6.07) is 7.51. The number of aliphatic hydroxyl groups excluding tert-OH is 1. The lowest BCUT2D eigenvalue weighted by Crippen LogP contribution is -1.75. The minimum absolute atomic E-state index is 0.0768. The van der Waals surface area contributed by atoms with Crippen LogP contribution < -0.4 is 0 Å². The van der Waals surface area contributed by atoms with Crippen LogP contribution in [-0.2, 0) is 6.61 Å². The van der Waals surface area contributed by atoms with Gasteiger partial charge in [0.15, 0.2) is 4.34 Å². The standard InChI is InChI=1S/C10H7Cl2NOS2/c11-6-2-1-3-7(4-6)15-10-13-9(12)8(5-14)16-10/h1-4,14H,5H2. The zero-order chi connectivity index (χ0) is 11.5. The first-order valence-corrected chi connectivity index (χ1v) is 6.77. The number of rotatable bonds is 3. The highest BCUT2D eigenvalue weighted by Crippen LogP contribution is 2.35. The molecule has 0 bridgehead atoms. The van der Waals surface area contributed by atoms with E-state index in [0.717, 1.165) is 9.24 Å². The molecule has 0 saturated heterocycles. The highest BCUT2D eigenvalue weighted by atomic mass is 35.5. The van der Waals surface area contributed by atoms with Crippen molar-refractivity contribution in [1.29, 1.82) is 0 Å². The summed E-state index contributed by atoms with van der Waals surface area (Å²) in [6.45, 7) is -0.0768. The van der Waals surface area contributed by atoms with Gasteiger partial charge in [-0.15, -0.1) is 11.3 Å². The minimum atomic E-state index is -0.0768. The molecule has 84 valence electrons. The predicted molar refractivity (Wildman–Crippen MR) is 68.6 cm³/mol. The molecule has 0 fully saturated rings. The van der Waals surface area contributed by atoms with Crippen LogP contribution >= 0.6 is 46.3 Å². The highest BCUT2D eigenvalue weighted by molar-refractivity contribution is 8.01. The van der Waals surface area contributed by atoms with Crippen LogP contribution in [-0.4, -0.2) is 10.1 Å². The van der Waals surface area contributed by atoms with Crippen molar-refractivity contribution in [2.24, 2.45) is 0 Å². The zero-order valence-electron chi connectivity index (χ0n) is 7.98. The number of hydrogen-bond acceptors (Lipinski definition) is 4. The summed E-state index contributed by atoms with van der Waals surface area (Å²) in [4.78, 5) is 5.84. The molecule has 0 unspecified atom stereocenters. The van der Waals surface area contributed by atoms with Gasteiger partial charge in [0.2, 0.25) is 0 Å². The molecule has 2 rings (SSSR count). The van der Waals surface area contributed by atoms with E-state index >= 15 is 0 Å². The topological polar surface area (TPSA) is 33.1 Å². The quantitative estimate of drug-likeness (QED) is 0.924. The highest BCUT2D eigenvalue weighted by Gasteiger charge is 2.09. The van der Waals surface area contributed by atoms with Gasteiger partial charge in [0.25, 0.3) is 0 Å². The van der Waals surface area contributed by atoms with E-state index in [1.54, 1.807) is 0 Å². The zero-order valence-corrected chi connectivity index (χ0v) is 11.1. The number of nitrogens with zero attached hydrogens (tertiary/aromatic N) is 1. The van der Waals surface area contributed by atoms with E-state index in [2.05, 4.69) is 4.98 Å². The monoisotopic (exact) mass is 291 g/mol. The van der Waals surface area contributed by atoms with Crippen LogP contribution in [0.15, 0.2) is 33.5 Å². The first-order chi connectivity index (χ1) is 7.69. The Morgan fingerprint density at radius 3 is 2.81 bits per heavy atom. The van der Waals surface area contributed by atoms with E-state index in [-0.39, 0.29) is 6.61 Å². The first-order valence-electron chi connectivity index (χ1n) is 4.38. The summed E-state index contributed by atoms with van der Waals surface area (Å²) in [7, 11) is 0. The molecule has 6 heteroatoms. The fourth-order valence-corrected chi connectivity index (χ4v) is 3.67. The number of benzene rings is 1. The summed E-state index contributed by atoms with van der Waals surface area (Å²) in [6.07, 6.45) is 0. The van der Waals surface area contributed by atoms with Gasteiger partial charge in [-0.2, -0.15) is 0 Å². The molecule has 0 aliphatic rings. The molecule has 2 aromatic rings. The van der Waals surface area contributed by atoms with Crippen molar-refractivity contribution in [1.82, 2.24) is 4.98 Å². The molecule has 0 amide bonds. The van der Waals surface area contributed by atoms with Crippen molar-refractivity contribution in [3.63, 3.8) is 0 Å². The summed E-state index contributed by atoms with van der Waals surface area (Å²) in [5.41, 5.74) is 0. The SMILES string of the molecule is OCc1sc(Sc2cccc(Cl)c2)nc1Cl. The van der Waals surface area contributed by atoms with Gasteiger partial charge in [0.05, 0.1) is 11.5 Å². The second kappa shape index (κ2) is 5.38. The molecular weight excluding hydrogens is 285 g/mol. The van der Waals surface area contributed by atoms with Crippen LogP contribution in [0, 0.1) is 0 Å². The van der Waals surface area contributed by atoms with Crippen LogP contribution in [0.5, 0.6) is 0 Å². The number of thiazole rings is 1. The maximum Gasteiger partial charge on any atom is 0.156 e. The Bertz CT molecular complexity index is 501. The molecule has 1 aromatic carbocycles. The maximum atomic E-state index is 9.00. The van der Waals surface area contributed by atoms with Crippen molar-refractivity contribution in [3.8, 4) is 0 Å². The fourth-order valence-electron chi connectivity index (χ4n) is 1.09. The molecule has 0 radical (unpaired) electrons. The van der Waals surface area contributed by atoms with Crippen molar-refractivity contribution < 1.29 is 5.11 Å². The number of hydrogen-bond donors (Lipinski definition) is 1. The average molecular weight is 292 g/mol. The maximum absolute atomic E-state index is 9.00. The lowest BCUT2D eigenvalue weighted by atomic mass is 10.4. The summed E-state index contributed by atoms with van der Waals surface area (Å²) >= 11 is 14.6. The molecule has 0 aliphatic heterocycles. The fraction of sp³-hybridized carbons (Fsp3) is 0.100. The first kappa shape index (κ1) is 12.2. The molecule has 1 aromatic heterocycles. The molecule has 1 heterocycles. The third-order valence-corrected chi connectivity index (χ3v) is 4.52. The van der Waals surface area contributed by atoms with E-state index < -0.39 is 0 Å². The Morgan fingerprint density at radius 1 is 1.38 bits per heavy atom. The van der Waals surface area contributed by atoms with E-state index in [1.807, 2.05) is 24.3 Å². The van der Waals surface area contributed by atoms with Gasteiger partial charge >= 0.3 is 0 Å². The molecule has 0 atom stereocenters. The number of halogens is 2. The lowest BCUT2D eigenvalue weighted by Gasteiger charge is -1.97. The minimum Gasteiger partial charge on any atom is -0.391 e. The van der Waals surface area contributed by atoms with E-state index in [4.69, 9.17) is 28.3 Å². The smallest absolute Gasteiger partial charge is 0.156 e. The molecular formula is C10H7Cl2NOS2. The van der Waals surface area contributed by atoms with Crippen LogP contribution in [0.4, 0.5) is 0 Å². The van der Waals surface area contributed by atoms with Gasteiger partial charge in [0.1, 0.15) is 5.15 Å². The van der Waals surface area contributed by atoms with Gasteiger partial charge in [-0.25, -0.2) is 4.98 Å². The van der Waals surface area contributed by atoms with Crippen molar-refractivity contribution >= 4 is 46.3 Å². The summed E-state index contributed by atoms with van der Waals surface area (Å²) in [5.74, 6) is 0. The lowest BCUT2D eigenvalue weighted by molar-refractivity contribution is 0.285. The molecule has 0 saturated carbocycles. The van der Waals surface area contributed by atoms with Crippen LogP contribution in [0.1, 0.15) is 4.88 Å². The molecule has 16 heavy (non-hydrogen) atoms. The van der Waals surface area contributed by atoms with Gasteiger partial charge < -0.3 is 5.11 Å². The predicted octanol–water partition coefficient (Wildman–Crippen LogP) is 4.09. The Kier molecular flexibility index (Phi) is 4.10. The second-order valence-electron chi connectivity index (χ2n) is 2.91. The van der Waals surface area contributed by atoms with Gasteiger partial charge in [-0.05, 0) is 18.2 Å². The Hall–Kier alpha value is -0.260. The van der Waals surface area contributed by atoms with E-state index in [1.165, 1.54) is 23.1 Å². The number of aromatic nitrogens is 1. The van der Waals surface area contributed by atoms with Crippen LogP contribution in [0.3, 0.4) is 0 Å². The van der Waals surface area contributed by atoms with Crippen molar-refractivity contribution in [2.75, 3.05) is 0 Å². The van der Waals surface area contributed by atoms with Crippen LogP contribution in [0.25, 0.3) is 0 Å². The Labute approximate surface area is 111 Å². The molecule has 0 spiro atoms. The molecule has 0 aliphatic carbocycles. The van der Waals surface area contributed by atoms with Gasteiger partial charge in [-0.1, -0.05) is 41.0 Å². The van der Waals surface area contributed by atoms with Crippen molar-refractivity contribution in [3.05, 3.63) is 39.3 Å². The van der Waals surface area contributed by atoms with Gasteiger partial charge in [-0.3, -0.25) is 0 Å². The van der Waals surface area contributed by atoms with E-state index in [0.29, 0.717) is 15.1 Å². The Morgan fingerprint density at radius 2 is 2.19 bits per heavy atom. The second-order valence-corrected chi connectivity index (χ2v) is 6.11. The third-order valence-electron chi connectivity index (χ3n) is 1.77. The normalized spacial score (nSPS) is 10.7. The van der Waals surface area contributed by atoms with Gasteiger partial charge in [0, 0.05) is 9.92 Å². The van der Waals surface area contributed by atoms with E-state index in [9.17, 15) is 0 Å². The molecule has 1 N–H and O–H groups in total. The Balaban J connectivity index is 2.20. The largest absolute Gasteiger partial charge is 0.391 e. The average Bonchev–Trinajstić information content (AvgIpc) is 2.58. The third kappa shape index (κ3) is 2.90. The number of aliphatic hydroxyl groups is 1. The van der Waals surface area contributed by atoms with Crippen molar-refractivity contribution in [2.45, 2.75) is 15.8 Å².